The van der Waals surface area contributed by atoms with E-state index in [-0.39, 0.29) is 11.6 Å². The minimum absolute atomic E-state index is 0.0836. The first kappa shape index (κ1) is 17.5. The van der Waals surface area contributed by atoms with E-state index in [4.69, 9.17) is 9.47 Å². The van der Waals surface area contributed by atoms with E-state index in [9.17, 15) is 9.18 Å². The molecule has 6 heteroatoms. The van der Waals surface area contributed by atoms with Crippen molar-refractivity contribution in [2.75, 3.05) is 46.6 Å². The highest BCUT2D eigenvalue weighted by atomic mass is 19.1. The quantitative estimate of drug-likeness (QED) is 0.866. The number of nitrogens with zero attached hydrogens (tertiary/aromatic N) is 1. The summed E-state index contributed by atoms with van der Waals surface area (Å²) in [6.07, 6.45) is 4.06. The van der Waals surface area contributed by atoms with E-state index in [1.54, 1.807) is 7.11 Å². The van der Waals surface area contributed by atoms with E-state index in [1.165, 1.54) is 0 Å². The first-order valence-corrected chi connectivity index (χ1v) is 8.24. The summed E-state index contributed by atoms with van der Waals surface area (Å²) in [5.74, 6) is 0. The van der Waals surface area contributed by atoms with Gasteiger partial charge >= 0.3 is 6.03 Å². The lowest BCUT2D eigenvalue weighted by molar-refractivity contribution is -0.00534. The summed E-state index contributed by atoms with van der Waals surface area (Å²) in [4.78, 5) is 14.2. The van der Waals surface area contributed by atoms with Crippen molar-refractivity contribution in [3.05, 3.63) is 0 Å². The van der Waals surface area contributed by atoms with Gasteiger partial charge in [0.1, 0.15) is 0 Å². The van der Waals surface area contributed by atoms with Crippen molar-refractivity contribution in [1.29, 1.82) is 0 Å². The molecular weight excluding hydrogens is 287 g/mol. The molecule has 1 atom stereocenters. The van der Waals surface area contributed by atoms with E-state index >= 15 is 0 Å². The second kappa shape index (κ2) is 7.59. The van der Waals surface area contributed by atoms with Gasteiger partial charge in [-0.25, -0.2) is 4.79 Å². The topological polar surface area (TPSA) is 50.8 Å². The predicted molar refractivity (Wildman–Crippen MR) is 82.7 cm³/mol. The number of rotatable bonds is 4. The highest BCUT2D eigenvalue weighted by Gasteiger charge is 2.34. The van der Waals surface area contributed by atoms with Gasteiger partial charge in [-0.3, -0.25) is 4.39 Å². The summed E-state index contributed by atoms with van der Waals surface area (Å²) in [6, 6.07) is -0.0836. The summed E-state index contributed by atoms with van der Waals surface area (Å²) >= 11 is 0. The van der Waals surface area contributed by atoms with Crippen LogP contribution in [0.5, 0.6) is 0 Å². The molecule has 2 saturated heterocycles. The summed E-state index contributed by atoms with van der Waals surface area (Å²) in [7, 11) is 1.73. The van der Waals surface area contributed by atoms with Crippen LogP contribution in [0.1, 0.15) is 39.0 Å². The number of methoxy groups -OCH3 is 1. The number of hydrogen-bond donors (Lipinski definition) is 1. The van der Waals surface area contributed by atoms with Crippen molar-refractivity contribution in [3.8, 4) is 0 Å². The van der Waals surface area contributed by atoms with Crippen LogP contribution < -0.4 is 5.32 Å². The van der Waals surface area contributed by atoms with Crippen molar-refractivity contribution in [3.63, 3.8) is 0 Å². The average Bonchev–Trinajstić information content (AvgIpc) is 2.76. The summed E-state index contributed by atoms with van der Waals surface area (Å²) in [5, 5.41) is 2.94. The molecule has 2 amide bonds. The standard InChI is InChI=1S/C16H29FN2O3/c1-15(21-2)4-3-8-19(9-5-15)14(20)18-13-16(12-17)6-10-22-11-7-16/h3-13H2,1-2H3,(H,18,20). The van der Waals surface area contributed by atoms with Crippen LogP contribution in [0, 0.1) is 5.41 Å². The predicted octanol–water partition coefficient (Wildman–Crippen LogP) is 2.35. The smallest absolute Gasteiger partial charge is 0.317 e. The van der Waals surface area contributed by atoms with Gasteiger partial charge in [0.2, 0.25) is 0 Å². The Balaban J connectivity index is 1.84. The summed E-state index contributed by atoms with van der Waals surface area (Å²) < 4.78 is 24.3. The number of halogens is 1. The molecule has 2 aliphatic rings. The Morgan fingerprint density at radius 3 is 2.64 bits per heavy atom. The van der Waals surface area contributed by atoms with Crippen molar-refractivity contribution in [1.82, 2.24) is 10.2 Å². The van der Waals surface area contributed by atoms with Gasteiger partial charge in [0.15, 0.2) is 0 Å². The van der Waals surface area contributed by atoms with Gasteiger partial charge in [-0.15, -0.1) is 0 Å². The number of carbonyl (C=O) groups is 1. The SMILES string of the molecule is COC1(C)CCCN(C(=O)NCC2(CF)CCOCC2)CC1. The number of carbonyl (C=O) groups excluding carboxylic acids is 1. The molecule has 2 aliphatic heterocycles. The van der Waals surface area contributed by atoms with E-state index in [1.807, 2.05) is 4.90 Å². The zero-order valence-corrected chi connectivity index (χ0v) is 13.8. The van der Waals surface area contributed by atoms with Gasteiger partial charge in [0, 0.05) is 45.4 Å². The van der Waals surface area contributed by atoms with E-state index < -0.39 is 12.1 Å². The largest absolute Gasteiger partial charge is 0.381 e. The highest BCUT2D eigenvalue weighted by molar-refractivity contribution is 5.74. The molecule has 0 aromatic rings. The number of hydrogen-bond acceptors (Lipinski definition) is 3. The molecule has 0 spiro atoms. The maximum absolute atomic E-state index is 13.4. The minimum atomic E-state index is -0.444. The molecule has 0 saturated carbocycles. The maximum atomic E-state index is 13.4. The molecule has 0 aromatic carbocycles. The maximum Gasteiger partial charge on any atom is 0.317 e. The van der Waals surface area contributed by atoms with Gasteiger partial charge in [0.25, 0.3) is 0 Å². The molecule has 2 heterocycles. The van der Waals surface area contributed by atoms with Crippen molar-refractivity contribution in [2.24, 2.45) is 5.41 Å². The molecular formula is C16H29FN2O3. The van der Waals surface area contributed by atoms with Crippen LogP contribution in [0.4, 0.5) is 9.18 Å². The molecule has 2 fully saturated rings. The number of alkyl halides is 1. The Bertz CT molecular complexity index is 374. The minimum Gasteiger partial charge on any atom is -0.381 e. The lowest BCUT2D eigenvalue weighted by atomic mass is 9.81. The zero-order chi connectivity index (χ0) is 16.1. The monoisotopic (exact) mass is 316 g/mol. The lowest BCUT2D eigenvalue weighted by Gasteiger charge is -2.35. The first-order valence-electron chi connectivity index (χ1n) is 8.24. The van der Waals surface area contributed by atoms with Gasteiger partial charge < -0.3 is 19.7 Å². The number of ether oxygens (including phenoxy) is 2. The average molecular weight is 316 g/mol. The Morgan fingerprint density at radius 1 is 1.27 bits per heavy atom. The second-order valence-electron chi connectivity index (χ2n) is 6.90. The molecule has 1 unspecified atom stereocenters. The normalized spacial score (nSPS) is 29.0. The van der Waals surface area contributed by atoms with Crippen LogP contribution in [0.25, 0.3) is 0 Å². The van der Waals surface area contributed by atoms with Crippen LogP contribution in [0.3, 0.4) is 0 Å². The van der Waals surface area contributed by atoms with Gasteiger partial charge in [-0.2, -0.15) is 0 Å². The number of urea groups is 1. The van der Waals surface area contributed by atoms with Crippen LogP contribution >= 0.6 is 0 Å². The first-order chi connectivity index (χ1) is 10.5. The number of amides is 2. The van der Waals surface area contributed by atoms with Crippen molar-refractivity contribution in [2.45, 2.75) is 44.6 Å². The molecule has 0 aliphatic carbocycles. The Kier molecular flexibility index (Phi) is 6.03. The number of nitrogens with one attached hydrogen (secondary N) is 1. The van der Waals surface area contributed by atoms with Gasteiger partial charge in [-0.05, 0) is 39.0 Å². The third-order valence-corrected chi connectivity index (χ3v) is 5.28. The van der Waals surface area contributed by atoms with Crippen LogP contribution in [0.15, 0.2) is 0 Å². The number of likely N-dealkylation sites (tertiary alicyclic amines) is 1. The van der Waals surface area contributed by atoms with Crippen molar-refractivity contribution < 1.29 is 18.7 Å². The highest BCUT2D eigenvalue weighted by Crippen LogP contribution is 2.30. The van der Waals surface area contributed by atoms with E-state index in [2.05, 4.69) is 12.2 Å². The molecule has 1 N–H and O–H groups in total. The van der Waals surface area contributed by atoms with E-state index in [0.29, 0.717) is 39.1 Å². The summed E-state index contributed by atoms with van der Waals surface area (Å²) in [6.45, 7) is 4.65. The second-order valence-corrected chi connectivity index (χ2v) is 6.90. The summed E-state index contributed by atoms with van der Waals surface area (Å²) in [5.41, 5.74) is -0.587. The van der Waals surface area contributed by atoms with Crippen LogP contribution in [-0.2, 0) is 9.47 Å². The van der Waals surface area contributed by atoms with Gasteiger partial charge in [-0.1, -0.05) is 0 Å². The Labute approximate surface area is 132 Å². The third kappa shape index (κ3) is 4.32. The fourth-order valence-electron chi connectivity index (χ4n) is 3.20. The lowest BCUT2D eigenvalue weighted by Crippen LogP contribution is -2.48. The van der Waals surface area contributed by atoms with Crippen LogP contribution in [0.2, 0.25) is 0 Å². The molecule has 0 radical (unpaired) electrons. The Morgan fingerprint density at radius 2 is 2.00 bits per heavy atom. The molecule has 5 nitrogen and oxygen atoms in total. The molecule has 0 aromatic heterocycles. The zero-order valence-electron chi connectivity index (χ0n) is 13.8. The molecule has 22 heavy (non-hydrogen) atoms. The molecule has 0 bridgehead atoms. The fraction of sp³-hybridized carbons (Fsp3) is 0.938. The Hall–Kier alpha value is -0.880. The van der Waals surface area contributed by atoms with E-state index in [0.717, 1.165) is 25.8 Å². The fourth-order valence-corrected chi connectivity index (χ4v) is 3.20. The van der Waals surface area contributed by atoms with Crippen molar-refractivity contribution >= 4 is 6.03 Å². The molecule has 128 valence electrons. The molecule has 2 rings (SSSR count). The van der Waals surface area contributed by atoms with Gasteiger partial charge in [0.05, 0.1) is 12.3 Å². The van der Waals surface area contributed by atoms with Crippen LogP contribution in [-0.4, -0.2) is 63.2 Å². The third-order valence-electron chi connectivity index (χ3n) is 5.28.